The first-order chi connectivity index (χ1) is 6.06. The SMILES string of the molecule is CCc1cc(Br)c(F)c(C(=O)O)c1. The number of benzene rings is 1. The summed E-state index contributed by atoms with van der Waals surface area (Å²) < 4.78 is 13.3. The Morgan fingerprint density at radius 2 is 2.23 bits per heavy atom. The third kappa shape index (κ3) is 2.06. The van der Waals surface area contributed by atoms with E-state index in [2.05, 4.69) is 15.9 Å². The lowest BCUT2D eigenvalue weighted by Crippen LogP contribution is -2.02. The maximum absolute atomic E-state index is 13.1. The molecule has 0 unspecified atom stereocenters. The molecule has 0 heterocycles. The highest BCUT2D eigenvalue weighted by atomic mass is 79.9. The quantitative estimate of drug-likeness (QED) is 0.872. The summed E-state index contributed by atoms with van der Waals surface area (Å²) in [5.74, 6) is -1.96. The van der Waals surface area contributed by atoms with Crippen molar-refractivity contribution < 1.29 is 14.3 Å². The van der Waals surface area contributed by atoms with E-state index in [4.69, 9.17) is 5.11 Å². The second-order valence-corrected chi connectivity index (χ2v) is 3.45. The minimum atomic E-state index is -1.24. The molecule has 0 radical (unpaired) electrons. The normalized spacial score (nSPS) is 10.1. The molecule has 0 bridgehead atoms. The topological polar surface area (TPSA) is 37.3 Å². The molecule has 0 atom stereocenters. The molecule has 0 aliphatic carbocycles. The molecule has 0 fully saturated rings. The maximum Gasteiger partial charge on any atom is 0.338 e. The highest BCUT2D eigenvalue weighted by Gasteiger charge is 2.13. The van der Waals surface area contributed by atoms with Crippen LogP contribution in [0.3, 0.4) is 0 Å². The molecular weight excluding hydrogens is 239 g/mol. The Morgan fingerprint density at radius 1 is 1.62 bits per heavy atom. The van der Waals surface area contributed by atoms with Crippen LogP contribution in [0.4, 0.5) is 4.39 Å². The lowest BCUT2D eigenvalue weighted by atomic mass is 10.1. The lowest BCUT2D eigenvalue weighted by molar-refractivity contribution is 0.0691. The summed E-state index contributed by atoms with van der Waals surface area (Å²) in [7, 11) is 0. The molecule has 0 amide bonds. The van der Waals surface area contributed by atoms with Crippen LogP contribution >= 0.6 is 15.9 Å². The summed E-state index contributed by atoms with van der Waals surface area (Å²) in [6, 6.07) is 2.93. The Bertz CT molecular complexity index is 350. The van der Waals surface area contributed by atoms with E-state index in [0.29, 0.717) is 6.42 Å². The number of rotatable bonds is 2. The predicted octanol–water partition coefficient (Wildman–Crippen LogP) is 2.85. The number of carboxylic acids is 1. The highest BCUT2D eigenvalue weighted by molar-refractivity contribution is 9.10. The van der Waals surface area contributed by atoms with E-state index < -0.39 is 11.8 Å². The Kier molecular flexibility index (Phi) is 3.03. The molecule has 1 N–H and O–H groups in total. The van der Waals surface area contributed by atoms with Crippen LogP contribution in [0.25, 0.3) is 0 Å². The number of carboxylic acid groups (broad SMARTS) is 1. The van der Waals surface area contributed by atoms with Crippen molar-refractivity contribution in [2.45, 2.75) is 13.3 Å². The summed E-state index contributed by atoms with van der Waals surface area (Å²) in [4.78, 5) is 10.6. The van der Waals surface area contributed by atoms with Crippen molar-refractivity contribution in [2.24, 2.45) is 0 Å². The van der Waals surface area contributed by atoms with Crippen molar-refractivity contribution in [3.05, 3.63) is 33.5 Å². The van der Waals surface area contributed by atoms with Gasteiger partial charge in [-0.05, 0) is 40.0 Å². The fourth-order valence-electron chi connectivity index (χ4n) is 1.00. The molecule has 0 saturated heterocycles. The number of aryl methyl sites for hydroxylation is 1. The number of carbonyl (C=O) groups is 1. The lowest BCUT2D eigenvalue weighted by Gasteiger charge is -2.03. The van der Waals surface area contributed by atoms with Gasteiger partial charge in [0, 0.05) is 0 Å². The van der Waals surface area contributed by atoms with Gasteiger partial charge >= 0.3 is 5.97 Å². The molecule has 4 heteroatoms. The largest absolute Gasteiger partial charge is 0.478 e. The van der Waals surface area contributed by atoms with Crippen LogP contribution in [0.5, 0.6) is 0 Å². The van der Waals surface area contributed by atoms with Gasteiger partial charge in [-0.2, -0.15) is 0 Å². The van der Waals surface area contributed by atoms with Crippen LogP contribution in [-0.4, -0.2) is 11.1 Å². The smallest absolute Gasteiger partial charge is 0.338 e. The summed E-state index contributed by atoms with van der Waals surface area (Å²) in [6.07, 6.45) is 0.680. The third-order valence-corrected chi connectivity index (χ3v) is 2.30. The van der Waals surface area contributed by atoms with Gasteiger partial charge in [0.25, 0.3) is 0 Å². The van der Waals surface area contributed by atoms with E-state index in [1.165, 1.54) is 6.07 Å². The first kappa shape index (κ1) is 10.2. The minimum Gasteiger partial charge on any atom is -0.478 e. The van der Waals surface area contributed by atoms with Crippen LogP contribution < -0.4 is 0 Å². The molecule has 70 valence electrons. The zero-order valence-electron chi connectivity index (χ0n) is 6.97. The summed E-state index contributed by atoms with van der Waals surface area (Å²) in [6.45, 7) is 1.88. The monoisotopic (exact) mass is 246 g/mol. The van der Waals surface area contributed by atoms with Crippen LogP contribution in [0.2, 0.25) is 0 Å². The molecule has 0 saturated carbocycles. The number of aromatic carboxylic acids is 1. The standard InChI is InChI=1S/C9H8BrFO2/c1-2-5-3-6(9(12)13)8(11)7(10)4-5/h3-4H,2H2,1H3,(H,12,13). The summed E-state index contributed by atoms with van der Waals surface area (Å²) >= 11 is 2.97. The van der Waals surface area contributed by atoms with E-state index >= 15 is 0 Å². The van der Waals surface area contributed by atoms with E-state index in [1.54, 1.807) is 6.07 Å². The van der Waals surface area contributed by atoms with Crippen molar-refractivity contribution in [3.8, 4) is 0 Å². The van der Waals surface area contributed by atoms with Gasteiger partial charge < -0.3 is 5.11 Å². The molecule has 2 nitrogen and oxygen atoms in total. The van der Waals surface area contributed by atoms with Crippen LogP contribution in [0, 0.1) is 5.82 Å². The van der Waals surface area contributed by atoms with Gasteiger partial charge in [0.05, 0.1) is 10.0 Å². The van der Waals surface area contributed by atoms with E-state index in [9.17, 15) is 9.18 Å². The molecule has 0 aliphatic rings. The molecule has 1 rings (SSSR count). The Labute approximate surface area is 83.5 Å². The van der Waals surface area contributed by atoms with Gasteiger partial charge in [0.2, 0.25) is 0 Å². The van der Waals surface area contributed by atoms with E-state index in [1.807, 2.05) is 6.92 Å². The van der Waals surface area contributed by atoms with Gasteiger partial charge in [0.15, 0.2) is 5.82 Å². The molecule has 0 aliphatic heterocycles. The molecule has 0 aromatic heterocycles. The van der Waals surface area contributed by atoms with Gasteiger partial charge in [0.1, 0.15) is 0 Å². The second kappa shape index (κ2) is 3.87. The van der Waals surface area contributed by atoms with Crippen molar-refractivity contribution in [3.63, 3.8) is 0 Å². The molecule has 1 aromatic rings. The first-order valence-corrected chi connectivity index (χ1v) is 4.56. The molecule has 13 heavy (non-hydrogen) atoms. The average Bonchev–Trinajstić information content (AvgIpc) is 2.09. The van der Waals surface area contributed by atoms with E-state index in [-0.39, 0.29) is 10.0 Å². The second-order valence-electron chi connectivity index (χ2n) is 2.60. The van der Waals surface area contributed by atoms with Crippen molar-refractivity contribution >= 4 is 21.9 Å². The van der Waals surface area contributed by atoms with Crippen molar-refractivity contribution in [1.29, 1.82) is 0 Å². The fraction of sp³-hybridized carbons (Fsp3) is 0.222. The summed E-state index contributed by atoms with van der Waals surface area (Å²) in [5, 5.41) is 8.65. The molecular formula is C9H8BrFO2. The van der Waals surface area contributed by atoms with Crippen LogP contribution in [-0.2, 0) is 6.42 Å². The Hall–Kier alpha value is -0.900. The van der Waals surface area contributed by atoms with Crippen LogP contribution in [0.1, 0.15) is 22.8 Å². The van der Waals surface area contributed by atoms with Gasteiger partial charge in [-0.1, -0.05) is 6.92 Å². The van der Waals surface area contributed by atoms with Crippen molar-refractivity contribution in [2.75, 3.05) is 0 Å². The third-order valence-electron chi connectivity index (χ3n) is 1.73. The van der Waals surface area contributed by atoms with Crippen LogP contribution in [0.15, 0.2) is 16.6 Å². The minimum absolute atomic E-state index is 0.198. The van der Waals surface area contributed by atoms with E-state index in [0.717, 1.165) is 5.56 Å². The zero-order chi connectivity index (χ0) is 10.0. The maximum atomic E-state index is 13.1. The number of halogens is 2. The number of hydrogen-bond donors (Lipinski definition) is 1. The van der Waals surface area contributed by atoms with Gasteiger partial charge in [-0.3, -0.25) is 0 Å². The Morgan fingerprint density at radius 3 is 2.69 bits per heavy atom. The van der Waals surface area contributed by atoms with Gasteiger partial charge in [-0.25, -0.2) is 9.18 Å². The van der Waals surface area contributed by atoms with Crippen molar-refractivity contribution in [1.82, 2.24) is 0 Å². The number of hydrogen-bond acceptors (Lipinski definition) is 1. The zero-order valence-corrected chi connectivity index (χ0v) is 8.56. The fourth-order valence-corrected chi connectivity index (χ4v) is 1.51. The van der Waals surface area contributed by atoms with Gasteiger partial charge in [-0.15, -0.1) is 0 Å². The predicted molar refractivity (Wildman–Crippen MR) is 50.4 cm³/mol. The first-order valence-electron chi connectivity index (χ1n) is 3.77. The highest BCUT2D eigenvalue weighted by Crippen LogP contribution is 2.21. The summed E-state index contributed by atoms with van der Waals surface area (Å²) in [5.41, 5.74) is 0.511. The molecule has 0 spiro atoms. The average molecular weight is 247 g/mol. The Balaban J connectivity index is 3.33. The molecule has 1 aromatic carbocycles.